The van der Waals surface area contributed by atoms with Crippen molar-refractivity contribution >= 4 is 125 Å². The Labute approximate surface area is 608 Å². The monoisotopic (exact) mass is 1400 g/mol. The van der Waals surface area contributed by atoms with E-state index in [0.29, 0.717) is 0 Å². The minimum atomic E-state index is 0.919. The lowest BCUT2D eigenvalue weighted by atomic mass is 10.0. The van der Waals surface area contributed by atoms with Gasteiger partial charge in [-0.25, -0.2) is 19.9 Å². The first-order chi connectivity index (χ1) is 51.5. The summed E-state index contributed by atoms with van der Waals surface area (Å²) in [7, 11) is 0. The van der Waals surface area contributed by atoms with Crippen LogP contribution in [0.15, 0.2) is 373 Å². The molecule has 0 saturated carbocycles. The van der Waals surface area contributed by atoms with Gasteiger partial charge in [-0.2, -0.15) is 0 Å². The summed E-state index contributed by atoms with van der Waals surface area (Å²) in [4.78, 5) is 18.1. The van der Waals surface area contributed by atoms with E-state index in [4.69, 9.17) is 4.42 Å². The van der Waals surface area contributed by atoms with Crippen molar-refractivity contribution in [2.24, 2.45) is 0 Å². The van der Waals surface area contributed by atoms with E-state index < -0.39 is 0 Å². The molecule has 10 heteroatoms. The summed E-state index contributed by atoms with van der Waals surface area (Å²) < 4.78 is 16.0. The number of rotatable bonds is 5. The van der Waals surface area contributed by atoms with E-state index in [0.717, 1.165) is 67.1 Å². The first-order valence-electron chi connectivity index (χ1n) is 34.9. The molecule has 0 bridgehead atoms. The molecule has 1 aliphatic carbocycles. The van der Waals surface area contributed by atoms with Crippen molar-refractivity contribution in [3.63, 3.8) is 0 Å². The lowest BCUT2D eigenvalue weighted by Gasteiger charge is -2.07. The van der Waals surface area contributed by atoms with Crippen LogP contribution < -0.4 is 0 Å². The predicted molar refractivity (Wildman–Crippen MR) is 434 cm³/mol. The number of hydrogen-bond acceptors (Lipinski definition) is 5. The standard InChI is InChI=1S/C29H18N2O.C18H14N2.C17H11BrN2.C17H12N2.C13H10/c1-3-9-25-21(7-1)23-17-19(12-14-26(23)31(25)29-11-5-6-16-30-29)20-13-15-28-24(18-20)22-8-2-4-10-27(22)32-28;1-13-9-10-17-15(12-13)14-6-2-3-7-16(14)20(17)18-8-4-5-11-19-18;18-12-8-9-16-14(11-12)13-5-1-2-6-15(13)20(16)17-7-3-4-10-19-17;1-3-9-15-13(7-1)14-8-2-4-10-16(14)19(15)17-11-5-6-12-18-17;1-3-7-12-10(5-1)9-11-6-2-4-8-13(11)12/h1-18H;2-12H,1H3;1-11H;1-12H;1-8H,9H2. The SMILES string of the molecule is Brc1ccc2c(c1)c1ccccc1n2-c1ccccn1.Cc1ccc2c(c1)c1ccccc1n2-c1ccccn1.c1ccc(-n2c3ccccc3c3cc(-c4ccc5oc6ccccc6c5c4)ccc32)nc1.c1ccc(-n2c3ccccc3c3ccccc32)nc1.c1ccc2c(c1)Cc1ccccc1-2. The molecule has 9 heterocycles. The highest BCUT2D eigenvalue weighted by atomic mass is 79.9. The molecule has 494 valence electrons. The Morgan fingerprint density at radius 1 is 0.260 bits per heavy atom. The van der Waals surface area contributed by atoms with Crippen LogP contribution in [0.25, 0.3) is 155 Å². The van der Waals surface area contributed by atoms with Gasteiger partial charge in [-0.1, -0.05) is 222 Å². The molecule has 0 spiro atoms. The van der Waals surface area contributed by atoms with Crippen molar-refractivity contribution in [2.75, 3.05) is 0 Å². The third kappa shape index (κ3) is 11.6. The summed E-state index contributed by atoms with van der Waals surface area (Å²) in [6, 6.07) is 118. The summed E-state index contributed by atoms with van der Waals surface area (Å²) >= 11 is 3.56. The molecule has 9 nitrogen and oxygen atoms in total. The maximum absolute atomic E-state index is 6.01. The number of pyridine rings is 4. The van der Waals surface area contributed by atoms with Gasteiger partial charge >= 0.3 is 0 Å². The molecule has 9 aromatic heterocycles. The molecular formula is C94H65BrN8O. The van der Waals surface area contributed by atoms with Gasteiger partial charge in [0.15, 0.2) is 0 Å². The van der Waals surface area contributed by atoms with Gasteiger partial charge in [-0.3, -0.25) is 18.3 Å². The molecule has 0 unspecified atom stereocenters. The third-order valence-corrected chi connectivity index (χ3v) is 20.1. The number of nitrogens with zero attached hydrogens (tertiary/aromatic N) is 8. The van der Waals surface area contributed by atoms with E-state index >= 15 is 0 Å². The van der Waals surface area contributed by atoms with Gasteiger partial charge in [0.1, 0.15) is 34.4 Å². The lowest BCUT2D eigenvalue weighted by molar-refractivity contribution is 0.669. The molecule has 22 rings (SSSR count). The van der Waals surface area contributed by atoms with Crippen LogP contribution in [0.4, 0.5) is 0 Å². The van der Waals surface area contributed by atoms with Crippen molar-refractivity contribution in [3.05, 3.63) is 386 Å². The number of hydrogen-bond donors (Lipinski definition) is 0. The van der Waals surface area contributed by atoms with Crippen LogP contribution in [0.1, 0.15) is 16.7 Å². The Morgan fingerprint density at radius 2 is 0.577 bits per heavy atom. The highest BCUT2D eigenvalue weighted by molar-refractivity contribution is 9.10. The second-order valence-electron chi connectivity index (χ2n) is 25.9. The zero-order valence-electron chi connectivity index (χ0n) is 56.7. The fourth-order valence-corrected chi connectivity index (χ4v) is 15.4. The van der Waals surface area contributed by atoms with Crippen LogP contribution >= 0.6 is 15.9 Å². The van der Waals surface area contributed by atoms with Gasteiger partial charge in [-0.15, -0.1) is 0 Å². The van der Waals surface area contributed by atoms with Crippen LogP contribution in [-0.4, -0.2) is 38.2 Å². The van der Waals surface area contributed by atoms with E-state index in [1.165, 1.54) is 115 Å². The van der Waals surface area contributed by atoms with Crippen molar-refractivity contribution < 1.29 is 4.42 Å². The number of aromatic nitrogens is 8. The molecule has 0 N–H and O–H groups in total. The smallest absolute Gasteiger partial charge is 0.137 e. The van der Waals surface area contributed by atoms with E-state index in [2.05, 4.69) is 322 Å². The van der Waals surface area contributed by atoms with E-state index in [-0.39, 0.29) is 0 Å². The molecule has 0 amide bonds. The van der Waals surface area contributed by atoms with Crippen molar-refractivity contribution in [2.45, 2.75) is 13.3 Å². The van der Waals surface area contributed by atoms with Crippen LogP contribution in [0.5, 0.6) is 0 Å². The average Bonchev–Trinajstić information content (AvgIpc) is 1.59. The minimum absolute atomic E-state index is 0.919. The summed E-state index contributed by atoms with van der Waals surface area (Å²) in [6.07, 6.45) is 8.44. The quantitative estimate of drug-likeness (QED) is 0.171. The van der Waals surface area contributed by atoms with Crippen molar-refractivity contribution in [3.8, 4) is 45.5 Å². The second kappa shape index (κ2) is 27.3. The molecule has 0 atom stereocenters. The van der Waals surface area contributed by atoms with E-state index in [1.807, 2.05) is 104 Å². The van der Waals surface area contributed by atoms with Gasteiger partial charge in [0.2, 0.25) is 0 Å². The Morgan fingerprint density at radius 3 is 1.02 bits per heavy atom. The average molecular weight is 1400 g/mol. The molecule has 1 aliphatic rings. The van der Waals surface area contributed by atoms with Crippen LogP contribution in [0.2, 0.25) is 0 Å². The molecule has 0 fully saturated rings. The predicted octanol–water partition coefficient (Wildman–Crippen LogP) is 24.6. The summed E-state index contributed by atoms with van der Waals surface area (Å²) in [5.74, 6) is 3.79. The summed E-state index contributed by atoms with van der Waals surface area (Å²) in [5, 5.41) is 12.3. The summed E-state index contributed by atoms with van der Waals surface area (Å²) in [5.41, 5.74) is 20.7. The Bertz CT molecular complexity index is 6480. The zero-order chi connectivity index (χ0) is 69.5. The second-order valence-corrected chi connectivity index (χ2v) is 26.8. The van der Waals surface area contributed by atoms with Crippen molar-refractivity contribution in [1.82, 2.24) is 38.2 Å². The number of benzene rings is 12. The first kappa shape index (κ1) is 62.9. The van der Waals surface area contributed by atoms with Gasteiger partial charge in [0.25, 0.3) is 0 Å². The number of furan rings is 1. The molecule has 0 aliphatic heterocycles. The zero-order valence-corrected chi connectivity index (χ0v) is 58.3. The molecule has 0 saturated heterocycles. The Balaban J connectivity index is 0.0000000955. The Hall–Kier alpha value is -13.3. The molecule has 104 heavy (non-hydrogen) atoms. The summed E-state index contributed by atoms with van der Waals surface area (Å²) in [6.45, 7) is 2.13. The van der Waals surface area contributed by atoms with Gasteiger partial charge in [0, 0.05) is 83.1 Å². The lowest BCUT2D eigenvalue weighted by Crippen LogP contribution is -1.95. The molecule has 0 radical (unpaired) electrons. The van der Waals surface area contributed by atoms with Gasteiger partial charge in [0.05, 0.1) is 44.1 Å². The number of aryl methyl sites for hydroxylation is 1. The number of para-hydroxylation sites is 6. The third-order valence-electron chi connectivity index (χ3n) is 19.6. The van der Waals surface area contributed by atoms with Gasteiger partial charge in [-0.05, 0) is 186 Å². The van der Waals surface area contributed by atoms with Crippen LogP contribution in [0, 0.1) is 6.92 Å². The Kier molecular flexibility index (Phi) is 16.5. The topological polar surface area (TPSA) is 84.4 Å². The number of halogens is 1. The molecular weight excluding hydrogens is 1340 g/mol. The van der Waals surface area contributed by atoms with Crippen molar-refractivity contribution in [1.29, 1.82) is 0 Å². The van der Waals surface area contributed by atoms with Gasteiger partial charge < -0.3 is 4.42 Å². The first-order valence-corrected chi connectivity index (χ1v) is 35.7. The highest BCUT2D eigenvalue weighted by Gasteiger charge is 2.19. The fourth-order valence-electron chi connectivity index (χ4n) is 15.0. The van der Waals surface area contributed by atoms with Crippen LogP contribution in [0.3, 0.4) is 0 Å². The minimum Gasteiger partial charge on any atom is -0.456 e. The largest absolute Gasteiger partial charge is 0.456 e. The highest BCUT2D eigenvalue weighted by Crippen LogP contribution is 2.40. The molecule has 21 aromatic rings. The maximum Gasteiger partial charge on any atom is 0.137 e. The molecule has 12 aromatic carbocycles. The number of fused-ring (bicyclic) bond motifs is 18. The normalized spacial score (nSPS) is 11.5. The van der Waals surface area contributed by atoms with E-state index in [1.54, 1.807) is 0 Å². The van der Waals surface area contributed by atoms with E-state index in [9.17, 15) is 0 Å². The fraction of sp³-hybridized carbons (Fsp3) is 0.0213. The maximum atomic E-state index is 6.01. The van der Waals surface area contributed by atoms with Crippen LogP contribution in [-0.2, 0) is 6.42 Å².